The molecule has 0 N–H and O–H groups in total. The standard InChI is InChI=1S/C9H17N.2C2H6/c1-5-8(3)7-10-9(4)6-2;2*1-2/h7H,5-6H2,1-4H3;2*1-2H3/b8-7-,10-9?;;. The molecular formula is C13H29N. The molecule has 0 amide bonds. The summed E-state index contributed by atoms with van der Waals surface area (Å²) in [6, 6.07) is 0. The van der Waals surface area contributed by atoms with Crippen molar-refractivity contribution in [3.05, 3.63) is 11.8 Å². The molecule has 0 heterocycles. The van der Waals surface area contributed by atoms with Gasteiger partial charge in [-0.15, -0.1) is 0 Å². The highest BCUT2D eigenvalue weighted by atomic mass is 14.7. The Morgan fingerprint density at radius 3 is 1.64 bits per heavy atom. The van der Waals surface area contributed by atoms with E-state index < -0.39 is 0 Å². The highest BCUT2D eigenvalue weighted by Crippen LogP contribution is 1.98. The van der Waals surface area contributed by atoms with Crippen molar-refractivity contribution in [2.24, 2.45) is 4.99 Å². The van der Waals surface area contributed by atoms with Crippen LogP contribution in [0.3, 0.4) is 0 Å². The highest BCUT2D eigenvalue weighted by Gasteiger charge is 1.82. The van der Waals surface area contributed by atoms with Gasteiger partial charge in [-0.25, -0.2) is 0 Å². The van der Waals surface area contributed by atoms with Crippen molar-refractivity contribution in [2.45, 2.75) is 68.2 Å². The smallest absolute Gasteiger partial charge is 0.0256 e. The van der Waals surface area contributed by atoms with Gasteiger partial charge in [0, 0.05) is 11.9 Å². The maximum absolute atomic E-state index is 4.27. The van der Waals surface area contributed by atoms with E-state index in [1.54, 1.807) is 0 Å². The topological polar surface area (TPSA) is 12.4 Å². The van der Waals surface area contributed by atoms with Gasteiger partial charge in [-0.2, -0.15) is 0 Å². The summed E-state index contributed by atoms with van der Waals surface area (Å²) in [6.07, 6.45) is 4.10. The molecule has 0 fully saturated rings. The van der Waals surface area contributed by atoms with Gasteiger partial charge >= 0.3 is 0 Å². The van der Waals surface area contributed by atoms with Crippen LogP contribution in [0.4, 0.5) is 0 Å². The molecule has 0 aromatic carbocycles. The van der Waals surface area contributed by atoms with Crippen molar-refractivity contribution >= 4 is 5.71 Å². The second-order valence-corrected chi connectivity index (χ2v) is 2.55. The van der Waals surface area contributed by atoms with E-state index in [1.165, 1.54) is 11.3 Å². The third-order valence-electron chi connectivity index (χ3n) is 1.57. The fourth-order valence-corrected chi connectivity index (χ4v) is 0.403. The number of nitrogens with zero attached hydrogens (tertiary/aromatic N) is 1. The Labute approximate surface area is 91.3 Å². The van der Waals surface area contributed by atoms with Crippen LogP contribution in [0.5, 0.6) is 0 Å². The molecule has 0 radical (unpaired) electrons. The summed E-state index contributed by atoms with van der Waals surface area (Å²) in [5.41, 5.74) is 2.54. The maximum Gasteiger partial charge on any atom is 0.0256 e. The summed E-state index contributed by atoms with van der Waals surface area (Å²) in [5.74, 6) is 0. The zero-order chi connectivity index (χ0) is 12.0. The van der Waals surface area contributed by atoms with Crippen LogP contribution >= 0.6 is 0 Å². The van der Waals surface area contributed by atoms with Gasteiger partial charge in [-0.1, -0.05) is 47.1 Å². The first-order valence-electron chi connectivity index (χ1n) is 5.89. The lowest BCUT2D eigenvalue weighted by Gasteiger charge is -1.92. The van der Waals surface area contributed by atoms with Crippen molar-refractivity contribution in [1.29, 1.82) is 0 Å². The summed E-state index contributed by atoms with van der Waals surface area (Å²) < 4.78 is 0. The van der Waals surface area contributed by atoms with Crippen molar-refractivity contribution in [3.63, 3.8) is 0 Å². The van der Waals surface area contributed by atoms with Crippen LogP contribution in [0, 0.1) is 0 Å². The molecule has 0 atom stereocenters. The van der Waals surface area contributed by atoms with E-state index in [1.807, 2.05) is 33.9 Å². The predicted molar refractivity (Wildman–Crippen MR) is 70.1 cm³/mol. The van der Waals surface area contributed by atoms with Crippen molar-refractivity contribution in [1.82, 2.24) is 0 Å². The first kappa shape index (κ1) is 19.1. The number of allylic oxidation sites excluding steroid dienone is 1. The van der Waals surface area contributed by atoms with E-state index >= 15 is 0 Å². The van der Waals surface area contributed by atoms with E-state index in [4.69, 9.17) is 0 Å². The molecule has 0 aromatic rings. The van der Waals surface area contributed by atoms with Crippen LogP contribution in [-0.4, -0.2) is 5.71 Å². The van der Waals surface area contributed by atoms with Gasteiger partial charge in [-0.3, -0.25) is 4.99 Å². The van der Waals surface area contributed by atoms with E-state index in [9.17, 15) is 0 Å². The zero-order valence-electron chi connectivity index (χ0n) is 11.4. The first-order chi connectivity index (χ1) is 6.70. The third kappa shape index (κ3) is 17.5. The zero-order valence-corrected chi connectivity index (χ0v) is 11.4. The normalized spacial score (nSPS) is 10.9. The van der Waals surface area contributed by atoms with Crippen LogP contribution in [0.25, 0.3) is 0 Å². The second-order valence-electron chi connectivity index (χ2n) is 2.55. The van der Waals surface area contributed by atoms with Crippen LogP contribution < -0.4 is 0 Å². The molecule has 0 saturated carbocycles. The Kier molecular flexibility index (Phi) is 24.8. The lowest BCUT2D eigenvalue weighted by Crippen LogP contribution is -1.84. The summed E-state index contributed by atoms with van der Waals surface area (Å²) in [5, 5.41) is 0. The Bertz CT molecular complexity index is 125. The number of rotatable bonds is 3. The summed E-state index contributed by atoms with van der Waals surface area (Å²) >= 11 is 0. The van der Waals surface area contributed by atoms with Crippen LogP contribution in [0.2, 0.25) is 0 Å². The quantitative estimate of drug-likeness (QED) is 0.552. The lowest BCUT2D eigenvalue weighted by molar-refractivity contribution is 1.08. The van der Waals surface area contributed by atoms with Crippen LogP contribution in [0.15, 0.2) is 16.8 Å². The molecule has 0 bridgehead atoms. The van der Waals surface area contributed by atoms with Gasteiger partial charge < -0.3 is 0 Å². The Hall–Kier alpha value is -0.590. The largest absolute Gasteiger partial charge is 0.266 e. The van der Waals surface area contributed by atoms with Gasteiger partial charge in [0.15, 0.2) is 0 Å². The highest BCUT2D eigenvalue weighted by molar-refractivity contribution is 5.82. The van der Waals surface area contributed by atoms with Gasteiger partial charge in [0.05, 0.1) is 0 Å². The predicted octanol–water partition coefficient (Wildman–Crippen LogP) is 5.22. The minimum atomic E-state index is 1.05. The van der Waals surface area contributed by atoms with Crippen molar-refractivity contribution < 1.29 is 0 Å². The van der Waals surface area contributed by atoms with Gasteiger partial charge in [-0.05, 0) is 26.7 Å². The Morgan fingerprint density at radius 1 is 0.929 bits per heavy atom. The van der Waals surface area contributed by atoms with E-state index in [-0.39, 0.29) is 0 Å². The van der Waals surface area contributed by atoms with Crippen molar-refractivity contribution in [2.75, 3.05) is 0 Å². The molecule has 0 aliphatic carbocycles. The van der Waals surface area contributed by atoms with Crippen LogP contribution in [0.1, 0.15) is 68.2 Å². The first-order valence-corrected chi connectivity index (χ1v) is 5.89. The molecule has 86 valence electrons. The third-order valence-corrected chi connectivity index (χ3v) is 1.57. The number of hydrogen-bond donors (Lipinski definition) is 0. The summed E-state index contributed by atoms with van der Waals surface area (Å²) in [6.45, 7) is 16.4. The van der Waals surface area contributed by atoms with E-state index in [2.05, 4.69) is 32.7 Å². The van der Waals surface area contributed by atoms with E-state index in [0.29, 0.717) is 0 Å². The fraction of sp³-hybridized carbons (Fsp3) is 0.769. The molecule has 0 rings (SSSR count). The SMILES string of the molecule is CC.CC.CCC(C)=N/C=C(/C)CC. The average Bonchev–Trinajstić information content (AvgIpc) is 2.30. The molecule has 14 heavy (non-hydrogen) atoms. The fourth-order valence-electron chi connectivity index (χ4n) is 0.403. The second kappa shape index (κ2) is 18.2. The van der Waals surface area contributed by atoms with Crippen molar-refractivity contribution in [3.8, 4) is 0 Å². The number of aliphatic imine (C=N–C) groups is 1. The molecular weight excluding hydrogens is 170 g/mol. The minimum Gasteiger partial charge on any atom is -0.266 e. The maximum atomic E-state index is 4.27. The molecule has 0 spiro atoms. The molecule has 0 aliphatic rings. The van der Waals surface area contributed by atoms with Crippen LogP contribution in [-0.2, 0) is 0 Å². The molecule has 0 unspecified atom stereocenters. The Morgan fingerprint density at radius 2 is 1.36 bits per heavy atom. The monoisotopic (exact) mass is 199 g/mol. The summed E-state index contributed by atoms with van der Waals surface area (Å²) in [4.78, 5) is 4.27. The lowest BCUT2D eigenvalue weighted by atomic mass is 10.2. The Balaban J connectivity index is -0.000000266. The summed E-state index contributed by atoms with van der Waals surface area (Å²) in [7, 11) is 0. The van der Waals surface area contributed by atoms with Gasteiger partial charge in [0.1, 0.15) is 0 Å². The molecule has 1 nitrogen and oxygen atoms in total. The van der Waals surface area contributed by atoms with Gasteiger partial charge in [0.2, 0.25) is 0 Å². The average molecular weight is 199 g/mol. The molecule has 0 saturated heterocycles. The van der Waals surface area contributed by atoms with Gasteiger partial charge in [0.25, 0.3) is 0 Å². The van der Waals surface area contributed by atoms with E-state index in [0.717, 1.165) is 12.8 Å². The molecule has 0 aliphatic heterocycles. The molecule has 0 aromatic heterocycles. The minimum absolute atomic E-state index is 1.05. The number of hydrogen-bond acceptors (Lipinski definition) is 1. The molecule has 1 heteroatoms.